The summed E-state index contributed by atoms with van der Waals surface area (Å²) in [5.41, 5.74) is 3.16. The third-order valence-electron chi connectivity index (χ3n) is 3.71. The summed E-state index contributed by atoms with van der Waals surface area (Å²) in [4.78, 5) is 0. The lowest BCUT2D eigenvalue weighted by Gasteiger charge is -2.23. The third kappa shape index (κ3) is 5.68. The topological polar surface area (TPSA) is 47.8 Å². The maximum Gasteiger partial charge on any atom is 0.171 e. The molecule has 0 aliphatic heterocycles. The molecule has 0 heterocycles. The number of nitrogens with zero attached hydrogens (tertiary/aromatic N) is 1. The summed E-state index contributed by atoms with van der Waals surface area (Å²) in [6.07, 6.45) is 1.43. The maximum atomic E-state index is 8.72. The van der Waals surface area contributed by atoms with Crippen LogP contribution in [0.15, 0.2) is 54.6 Å². The van der Waals surface area contributed by atoms with E-state index in [2.05, 4.69) is 54.8 Å². The van der Waals surface area contributed by atoms with Crippen molar-refractivity contribution < 1.29 is 0 Å². The number of benzene rings is 2. The highest BCUT2D eigenvalue weighted by Gasteiger charge is 2.14. The Morgan fingerprint density at radius 1 is 1.08 bits per heavy atom. The Labute approximate surface area is 149 Å². The minimum Gasteiger partial charge on any atom is -0.356 e. The van der Waals surface area contributed by atoms with E-state index in [9.17, 15) is 0 Å². The van der Waals surface area contributed by atoms with Gasteiger partial charge >= 0.3 is 0 Å². The molecule has 0 spiro atoms. The van der Waals surface area contributed by atoms with E-state index >= 15 is 0 Å². The smallest absolute Gasteiger partial charge is 0.171 e. The molecule has 0 amide bonds. The highest BCUT2D eigenvalue weighted by Crippen LogP contribution is 2.21. The van der Waals surface area contributed by atoms with Gasteiger partial charge in [0, 0.05) is 5.69 Å². The molecule has 4 heteroatoms. The highest BCUT2D eigenvalue weighted by atomic mass is 32.1. The molecule has 1 atom stereocenters. The molecular formula is C20H23N3S. The first-order valence-electron chi connectivity index (χ1n) is 8.17. The summed E-state index contributed by atoms with van der Waals surface area (Å²) in [6.45, 7) is 4.42. The van der Waals surface area contributed by atoms with Crippen molar-refractivity contribution >= 4 is 23.0 Å². The maximum absolute atomic E-state index is 8.72. The van der Waals surface area contributed by atoms with Gasteiger partial charge in [-0.25, -0.2) is 0 Å². The second-order valence-corrected chi connectivity index (χ2v) is 6.63. The van der Waals surface area contributed by atoms with Crippen molar-refractivity contribution in [3.8, 4) is 6.07 Å². The molecule has 0 saturated carbocycles. The predicted molar refractivity (Wildman–Crippen MR) is 104 cm³/mol. The molecule has 2 aromatic carbocycles. The molecule has 0 saturated heterocycles. The van der Waals surface area contributed by atoms with Gasteiger partial charge in [-0.05, 0) is 47.8 Å². The van der Waals surface area contributed by atoms with E-state index in [1.807, 2.05) is 30.3 Å². The van der Waals surface area contributed by atoms with Crippen molar-refractivity contribution in [2.75, 3.05) is 5.32 Å². The van der Waals surface area contributed by atoms with Gasteiger partial charge in [-0.2, -0.15) is 5.26 Å². The molecule has 24 heavy (non-hydrogen) atoms. The van der Waals surface area contributed by atoms with Crippen LogP contribution in [0, 0.1) is 17.2 Å². The van der Waals surface area contributed by atoms with Gasteiger partial charge in [0.25, 0.3) is 0 Å². The highest BCUT2D eigenvalue weighted by molar-refractivity contribution is 7.80. The molecule has 3 nitrogen and oxygen atoms in total. The molecule has 0 fully saturated rings. The Morgan fingerprint density at radius 2 is 1.75 bits per heavy atom. The molecule has 2 aromatic rings. The van der Waals surface area contributed by atoms with Crippen LogP contribution in [0.5, 0.6) is 0 Å². The van der Waals surface area contributed by atoms with Crippen molar-refractivity contribution in [3.63, 3.8) is 0 Å². The van der Waals surface area contributed by atoms with Crippen LogP contribution in [0.3, 0.4) is 0 Å². The Morgan fingerprint density at radius 3 is 2.33 bits per heavy atom. The second-order valence-electron chi connectivity index (χ2n) is 6.22. The van der Waals surface area contributed by atoms with E-state index in [0.29, 0.717) is 17.5 Å². The first kappa shape index (κ1) is 18.0. The first-order chi connectivity index (χ1) is 11.6. The Balaban J connectivity index is 2.01. The van der Waals surface area contributed by atoms with E-state index < -0.39 is 0 Å². The zero-order valence-electron chi connectivity index (χ0n) is 14.1. The number of nitriles is 1. The first-order valence-corrected chi connectivity index (χ1v) is 8.57. The van der Waals surface area contributed by atoms with Gasteiger partial charge in [0.15, 0.2) is 5.11 Å². The zero-order valence-corrected chi connectivity index (χ0v) is 14.9. The van der Waals surface area contributed by atoms with Gasteiger partial charge < -0.3 is 10.6 Å². The summed E-state index contributed by atoms with van der Waals surface area (Å²) in [5.74, 6) is 0.566. The molecule has 2 N–H and O–H groups in total. The van der Waals surface area contributed by atoms with Crippen LogP contribution >= 0.6 is 12.2 Å². The van der Waals surface area contributed by atoms with E-state index in [1.54, 1.807) is 0 Å². The van der Waals surface area contributed by atoms with Gasteiger partial charge in [0.1, 0.15) is 0 Å². The van der Waals surface area contributed by atoms with Crippen LogP contribution in [0.25, 0.3) is 0 Å². The van der Waals surface area contributed by atoms with Crippen LogP contribution < -0.4 is 10.6 Å². The fourth-order valence-electron chi connectivity index (χ4n) is 2.56. The summed E-state index contributed by atoms with van der Waals surface area (Å²) < 4.78 is 0. The van der Waals surface area contributed by atoms with Crippen LogP contribution in [-0.4, -0.2) is 5.11 Å². The number of hydrogen-bond acceptors (Lipinski definition) is 2. The molecule has 0 aliphatic rings. The SMILES string of the molecule is CC(C)C[C@H](NC(=S)Nc1ccc(CC#N)cc1)c1ccccc1. The van der Waals surface area contributed by atoms with E-state index in [4.69, 9.17) is 17.5 Å². The number of anilines is 1. The summed E-state index contributed by atoms with van der Waals surface area (Å²) in [6, 6.07) is 20.5. The van der Waals surface area contributed by atoms with Gasteiger partial charge in [-0.1, -0.05) is 56.3 Å². The molecule has 0 aromatic heterocycles. The lowest BCUT2D eigenvalue weighted by Crippen LogP contribution is -2.33. The van der Waals surface area contributed by atoms with Crippen LogP contribution in [0.4, 0.5) is 5.69 Å². The zero-order chi connectivity index (χ0) is 17.4. The van der Waals surface area contributed by atoms with Crippen LogP contribution in [0.1, 0.15) is 37.4 Å². The van der Waals surface area contributed by atoms with E-state index in [1.165, 1.54) is 5.56 Å². The van der Waals surface area contributed by atoms with Gasteiger partial charge in [-0.3, -0.25) is 0 Å². The standard InChI is InChI=1S/C20H23N3S/c1-15(2)14-19(17-6-4-3-5-7-17)23-20(24)22-18-10-8-16(9-11-18)12-13-21/h3-11,15,19H,12,14H2,1-2H3,(H2,22,23,24)/t19-/m0/s1. The normalized spacial score (nSPS) is 11.6. The van der Waals surface area contributed by atoms with Gasteiger partial charge in [0.2, 0.25) is 0 Å². The third-order valence-corrected chi connectivity index (χ3v) is 3.93. The molecule has 2 rings (SSSR count). The Hall–Kier alpha value is -2.38. The lowest BCUT2D eigenvalue weighted by atomic mass is 9.97. The fourth-order valence-corrected chi connectivity index (χ4v) is 2.82. The van der Waals surface area contributed by atoms with Crippen molar-refractivity contribution in [1.29, 1.82) is 5.26 Å². The van der Waals surface area contributed by atoms with Gasteiger partial charge in [0.05, 0.1) is 18.5 Å². The Bertz CT molecular complexity index is 687. The van der Waals surface area contributed by atoms with Crippen LogP contribution in [0.2, 0.25) is 0 Å². The molecule has 0 radical (unpaired) electrons. The minimum absolute atomic E-state index is 0.184. The number of nitrogens with one attached hydrogen (secondary N) is 2. The Kier molecular flexibility index (Phi) is 6.77. The predicted octanol–water partition coefficient (Wildman–Crippen LogP) is 4.83. The largest absolute Gasteiger partial charge is 0.356 e. The average molecular weight is 337 g/mol. The monoisotopic (exact) mass is 337 g/mol. The lowest BCUT2D eigenvalue weighted by molar-refractivity contribution is 0.481. The molecule has 0 unspecified atom stereocenters. The van der Waals surface area contributed by atoms with Crippen molar-refractivity contribution in [3.05, 3.63) is 65.7 Å². The number of hydrogen-bond donors (Lipinski definition) is 2. The molecule has 124 valence electrons. The average Bonchev–Trinajstić information content (AvgIpc) is 2.57. The molecule has 0 aliphatic carbocycles. The number of rotatable bonds is 6. The van der Waals surface area contributed by atoms with Crippen LogP contribution in [-0.2, 0) is 6.42 Å². The summed E-state index contributed by atoms with van der Waals surface area (Å²) >= 11 is 5.47. The van der Waals surface area contributed by atoms with E-state index in [-0.39, 0.29) is 6.04 Å². The molecule has 0 bridgehead atoms. The van der Waals surface area contributed by atoms with E-state index in [0.717, 1.165) is 17.7 Å². The number of thiocarbonyl (C=S) groups is 1. The van der Waals surface area contributed by atoms with Crippen molar-refractivity contribution in [2.45, 2.75) is 32.7 Å². The minimum atomic E-state index is 0.184. The van der Waals surface area contributed by atoms with Crippen molar-refractivity contribution in [1.82, 2.24) is 5.32 Å². The second kappa shape index (κ2) is 9.05. The van der Waals surface area contributed by atoms with Crippen molar-refractivity contribution in [2.24, 2.45) is 5.92 Å². The quantitative estimate of drug-likeness (QED) is 0.742. The fraction of sp³-hybridized carbons (Fsp3) is 0.300. The molecular weight excluding hydrogens is 314 g/mol. The summed E-state index contributed by atoms with van der Waals surface area (Å²) in [7, 11) is 0. The van der Waals surface area contributed by atoms with Gasteiger partial charge in [-0.15, -0.1) is 0 Å². The summed E-state index contributed by atoms with van der Waals surface area (Å²) in [5, 5.41) is 16.0.